The highest BCUT2D eigenvalue weighted by Crippen LogP contribution is 2.40. The number of ether oxygens (including phenoxy) is 1. The van der Waals surface area contributed by atoms with Crippen LogP contribution in [0.3, 0.4) is 0 Å². The average molecular weight is 465 g/mol. The Labute approximate surface area is 199 Å². The van der Waals surface area contributed by atoms with E-state index in [1.54, 1.807) is 11.3 Å². The first-order chi connectivity index (χ1) is 15.5. The predicted molar refractivity (Wildman–Crippen MR) is 135 cm³/mol. The second kappa shape index (κ2) is 10.3. The zero-order valence-electron chi connectivity index (χ0n) is 18.5. The van der Waals surface area contributed by atoms with Crippen LogP contribution in [0, 0.1) is 5.92 Å². The van der Waals surface area contributed by atoms with E-state index in [0.717, 1.165) is 29.8 Å². The molecule has 32 heavy (non-hydrogen) atoms. The molecule has 0 fully saturated rings. The zero-order chi connectivity index (χ0) is 22.5. The van der Waals surface area contributed by atoms with Crippen molar-refractivity contribution in [2.24, 2.45) is 5.92 Å². The average Bonchev–Trinajstić information content (AvgIpc) is 3.16. The van der Waals surface area contributed by atoms with Gasteiger partial charge in [0.25, 0.3) is 0 Å². The fourth-order valence-corrected chi connectivity index (χ4v) is 5.83. The standard InChI is InChI=1S/C26H28N2O2S2/c1-18-13-14-21-22(15-18)32-24(23(21)25(29)30-2)27-26(31)28(16-19-9-5-3-6-10-19)17-20-11-7-4-8-12-20/h3-12,18H,13-17H2,1-2H3,(H,27,31). The van der Waals surface area contributed by atoms with Gasteiger partial charge in [0, 0.05) is 18.0 Å². The molecule has 3 aromatic rings. The van der Waals surface area contributed by atoms with Crippen molar-refractivity contribution >= 4 is 39.6 Å². The van der Waals surface area contributed by atoms with Gasteiger partial charge in [-0.05, 0) is 54.1 Å². The number of nitrogens with one attached hydrogen (secondary N) is 1. The number of methoxy groups -OCH3 is 1. The molecule has 0 radical (unpaired) electrons. The van der Waals surface area contributed by atoms with Crippen LogP contribution in [0.15, 0.2) is 60.7 Å². The number of thiophene rings is 1. The molecule has 0 saturated heterocycles. The molecule has 1 aliphatic carbocycles. The summed E-state index contributed by atoms with van der Waals surface area (Å²) >= 11 is 7.51. The Morgan fingerprint density at radius 1 is 1.09 bits per heavy atom. The highest BCUT2D eigenvalue weighted by atomic mass is 32.1. The van der Waals surface area contributed by atoms with Gasteiger partial charge in [0.1, 0.15) is 5.00 Å². The van der Waals surface area contributed by atoms with Crippen LogP contribution in [0.25, 0.3) is 0 Å². The van der Waals surface area contributed by atoms with Gasteiger partial charge in [0.15, 0.2) is 5.11 Å². The highest BCUT2D eigenvalue weighted by Gasteiger charge is 2.29. The minimum absolute atomic E-state index is 0.292. The first-order valence-electron chi connectivity index (χ1n) is 10.9. The van der Waals surface area contributed by atoms with Crippen molar-refractivity contribution < 1.29 is 9.53 Å². The summed E-state index contributed by atoms with van der Waals surface area (Å²) in [5.41, 5.74) is 4.14. The molecule has 4 rings (SSSR count). The topological polar surface area (TPSA) is 41.6 Å². The van der Waals surface area contributed by atoms with Crippen LogP contribution >= 0.6 is 23.6 Å². The van der Waals surface area contributed by atoms with Gasteiger partial charge >= 0.3 is 5.97 Å². The summed E-state index contributed by atoms with van der Waals surface area (Å²) < 4.78 is 5.13. The quantitative estimate of drug-likeness (QED) is 0.355. The van der Waals surface area contributed by atoms with Crippen molar-refractivity contribution in [3.8, 4) is 0 Å². The molecule has 0 spiro atoms. The van der Waals surface area contributed by atoms with Gasteiger partial charge in [-0.2, -0.15) is 0 Å². The van der Waals surface area contributed by atoms with Crippen LogP contribution < -0.4 is 5.32 Å². The van der Waals surface area contributed by atoms with Crippen LogP contribution in [0.5, 0.6) is 0 Å². The Bertz CT molecular complexity index is 1040. The lowest BCUT2D eigenvalue weighted by Gasteiger charge is -2.26. The second-order valence-electron chi connectivity index (χ2n) is 8.30. The van der Waals surface area contributed by atoms with E-state index in [2.05, 4.69) is 41.4 Å². The van der Waals surface area contributed by atoms with Crippen LogP contribution in [0.2, 0.25) is 0 Å². The van der Waals surface area contributed by atoms with Crippen molar-refractivity contribution in [2.75, 3.05) is 12.4 Å². The normalized spacial score (nSPS) is 15.0. The maximum absolute atomic E-state index is 12.7. The fourth-order valence-electron chi connectivity index (χ4n) is 4.14. The Kier molecular flexibility index (Phi) is 7.22. The Hall–Kier alpha value is -2.70. The van der Waals surface area contributed by atoms with Crippen molar-refractivity contribution in [2.45, 2.75) is 39.3 Å². The fraction of sp³-hybridized carbons (Fsp3) is 0.308. The first kappa shape index (κ1) is 22.5. The lowest BCUT2D eigenvalue weighted by Crippen LogP contribution is -2.34. The maximum Gasteiger partial charge on any atom is 0.341 e. The smallest absolute Gasteiger partial charge is 0.341 e. The Balaban J connectivity index is 1.62. The number of rotatable bonds is 6. The van der Waals surface area contributed by atoms with Gasteiger partial charge in [0.2, 0.25) is 0 Å². The molecule has 6 heteroatoms. The molecule has 1 aliphatic rings. The lowest BCUT2D eigenvalue weighted by molar-refractivity contribution is 0.0601. The van der Waals surface area contributed by atoms with Crippen molar-refractivity contribution in [3.63, 3.8) is 0 Å². The molecule has 0 bridgehead atoms. The summed E-state index contributed by atoms with van der Waals surface area (Å²) in [7, 11) is 1.44. The van der Waals surface area contributed by atoms with Crippen LogP contribution in [-0.2, 0) is 30.7 Å². The summed E-state index contributed by atoms with van der Waals surface area (Å²) in [4.78, 5) is 16.1. The van der Waals surface area contributed by atoms with E-state index in [-0.39, 0.29) is 5.97 Å². The number of carbonyl (C=O) groups excluding carboxylic acids is 1. The van der Waals surface area contributed by atoms with Gasteiger partial charge in [-0.3, -0.25) is 0 Å². The third kappa shape index (κ3) is 5.19. The van der Waals surface area contributed by atoms with Gasteiger partial charge in [-0.1, -0.05) is 67.6 Å². The molecule has 166 valence electrons. The van der Waals surface area contributed by atoms with Gasteiger partial charge in [0.05, 0.1) is 12.7 Å². The van der Waals surface area contributed by atoms with E-state index in [1.807, 2.05) is 36.4 Å². The number of nitrogens with zero attached hydrogens (tertiary/aromatic N) is 1. The molecule has 1 atom stereocenters. The number of hydrogen-bond acceptors (Lipinski definition) is 4. The largest absolute Gasteiger partial charge is 0.465 e. The summed E-state index contributed by atoms with van der Waals surface area (Å²) in [5.74, 6) is 0.333. The van der Waals surface area contributed by atoms with Crippen LogP contribution in [0.4, 0.5) is 5.00 Å². The van der Waals surface area contributed by atoms with E-state index >= 15 is 0 Å². The molecule has 0 aliphatic heterocycles. The van der Waals surface area contributed by atoms with E-state index in [4.69, 9.17) is 17.0 Å². The van der Waals surface area contributed by atoms with E-state index in [1.165, 1.54) is 23.1 Å². The molecule has 4 nitrogen and oxygen atoms in total. The summed E-state index contributed by atoms with van der Waals surface area (Å²) in [6, 6.07) is 20.6. The van der Waals surface area contributed by atoms with E-state index < -0.39 is 0 Å². The minimum atomic E-state index is -0.292. The van der Waals surface area contributed by atoms with Crippen LogP contribution in [-0.4, -0.2) is 23.1 Å². The molecule has 1 N–H and O–H groups in total. The number of fused-ring (bicyclic) bond motifs is 1. The Morgan fingerprint density at radius 3 is 2.25 bits per heavy atom. The number of anilines is 1. The lowest BCUT2D eigenvalue weighted by atomic mass is 9.88. The number of hydrogen-bond donors (Lipinski definition) is 1. The monoisotopic (exact) mass is 464 g/mol. The maximum atomic E-state index is 12.7. The molecule has 1 unspecified atom stereocenters. The number of carbonyl (C=O) groups is 1. The third-order valence-electron chi connectivity index (χ3n) is 5.84. The minimum Gasteiger partial charge on any atom is -0.465 e. The Morgan fingerprint density at radius 2 is 1.69 bits per heavy atom. The molecule has 1 aromatic heterocycles. The van der Waals surface area contributed by atoms with Gasteiger partial charge in [-0.25, -0.2) is 4.79 Å². The van der Waals surface area contributed by atoms with Crippen molar-refractivity contribution in [1.29, 1.82) is 0 Å². The highest BCUT2D eigenvalue weighted by molar-refractivity contribution is 7.80. The number of benzene rings is 2. The molecule has 0 saturated carbocycles. The third-order valence-corrected chi connectivity index (χ3v) is 7.37. The van der Waals surface area contributed by atoms with E-state index in [0.29, 0.717) is 29.7 Å². The summed E-state index contributed by atoms with van der Waals surface area (Å²) in [5, 5.41) is 4.82. The zero-order valence-corrected chi connectivity index (χ0v) is 20.1. The summed E-state index contributed by atoms with van der Waals surface area (Å²) in [6.45, 7) is 3.62. The molecule has 0 amide bonds. The molecular formula is C26H28N2O2S2. The van der Waals surface area contributed by atoms with Crippen LogP contribution in [0.1, 0.15) is 45.3 Å². The number of thiocarbonyl (C=S) groups is 1. The number of esters is 1. The predicted octanol–water partition coefficient (Wildman–Crippen LogP) is 6.06. The molecule has 2 aromatic carbocycles. The van der Waals surface area contributed by atoms with Gasteiger partial charge in [-0.15, -0.1) is 11.3 Å². The van der Waals surface area contributed by atoms with Crippen molar-refractivity contribution in [3.05, 3.63) is 87.8 Å². The summed E-state index contributed by atoms with van der Waals surface area (Å²) in [6.07, 6.45) is 2.99. The molecular weight excluding hydrogens is 436 g/mol. The van der Waals surface area contributed by atoms with E-state index in [9.17, 15) is 4.79 Å². The first-order valence-corrected chi connectivity index (χ1v) is 12.1. The SMILES string of the molecule is COC(=O)c1c(NC(=S)N(Cc2ccccc2)Cc2ccccc2)sc2c1CCC(C)C2. The molecule has 1 heterocycles. The second-order valence-corrected chi connectivity index (χ2v) is 9.80. The van der Waals surface area contributed by atoms with Gasteiger partial charge < -0.3 is 15.0 Å². The van der Waals surface area contributed by atoms with Crippen molar-refractivity contribution in [1.82, 2.24) is 4.90 Å².